The molecule has 2 aliphatic rings. The average Bonchev–Trinajstić information content (AvgIpc) is 3.49. The first-order valence-electron chi connectivity index (χ1n) is 9.87. The Kier molecular flexibility index (Phi) is 9.07. The topological polar surface area (TPSA) is 215 Å². The van der Waals surface area contributed by atoms with Crippen LogP contribution < -0.4 is 11.1 Å². The number of rotatable bonds is 9. The number of aromatic amines is 1. The number of β-lactam (4-membered cyclic amide) rings is 1. The predicted octanol–water partition coefficient (Wildman–Crippen LogP) is -1.58. The number of oxime groups is 1. The van der Waals surface area contributed by atoms with Crippen LogP contribution in [0.4, 0.5) is 5.13 Å². The van der Waals surface area contributed by atoms with Crippen LogP contribution in [0.25, 0.3) is 0 Å². The maximum atomic E-state index is 13.0. The van der Waals surface area contributed by atoms with E-state index >= 15 is 0 Å². The molecule has 15 nitrogen and oxygen atoms in total. The molecule has 1 fully saturated rings. The van der Waals surface area contributed by atoms with E-state index in [1.165, 1.54) is 30.3 Å². The fraction of sp³-hybridized carbons (Fsp3) is 0.333. The van der Waals surface area contributed by atoms with E-state index in [1.54, 1.807) is 0 Å². The Bertz CT molecular complexity index is 1230. The van der Waals surface area contributed by atoms with Crippen LogP contribution in [0.3, 0.4) is 0 Å². The number of carboxylic acids is 1. The van der Waals surface area contributed by atoms with Gasteiger partial charge in [-0.1, -0.05) is 10.4 Å². The Morgan fingerprint density at radius 3 is 2.78 bits per heavy atom. The number of aromatic nitrogens is 4. The van der Waals surface area contributed by atoms with E-state index in [0.29, 0.717) is 5.69 Å². The average molecular weight is 547 g/mol. The second kappa shape index (κ2) is 11.8. The fourth-order valence-corrected chi connectivity index (χ4v) is 5.13. The number of carbonyl (C=O) groups excluding carboxylic acids is 3. The van der Waals surface area contributed by atoms with E-state index in [4.69, 9.17) is 15.3 Å². The number of amides is 2. The second-order valence-corrected chi connectivity index (χ2v) is 9.14. The fourth-order valence-electron chi connectivity index (χ4n) is 3.25. The number of hydrogen-bond donors (Lipinski definition) is 4. The molecule has 36 heavy (non-hydrogen) atoms. The molecule has 0 aliphatic carbocycles. The van der Waals surface area contributed by atoms with E-state index in [0.717, 1.165) is 16.2 Å². The number of thiazole rings is 1. The number of fused-ring (bicyclic) bond motifs is 1. The number of esters is 1. The third-order valence-corrected chi connectivity index (χ3v) is 6.81. The summed E-state index contributed by atoms with van der Waals surface area (Å²) in [4.78, 5) is 59.1. The maximum absolute atomic E-state index is 13.0. The van der Waals surface area contributed by atoms with Gasteiger partial charge in [-0.3, -0.25) is 24.4 Å². The van der Waals surface area contributed by atoms with E-state index in [-0.39, 0.29) is 76.3 Å². The van der Waals surface area contributed by atoms with Crippen LogP contribution in [-0.2, 0) is 35.4 Å². The molecule has 1 saturated heterocycles. The van der Waals surface area contributed by atoms with Crippen molar-refractivity contribution < 1.29 is 33.9 Å². The van der Waals surface area contributed by atoms with Crippen molar-refractivity contribution in [3.8, 4) is 0 Å². The molecular weight excluding hydrogens is 527 g/mol. The Hall–Kier alpha value is -2.99. The summed E-state index contributed by atoms with van der Waals surface area (Å²) in [5.41, 5.74) is 6.05. The molecule has 4 rings (SSSR count). The van der Waals surface area contributed by atoms with E-state index < -0.39 is 35.2 Å². The molecule has 18 heteroatoms. The number of aliphatic carboxylic acids is 1. The van der Waals surface area contributed by atoms with E-state index in [1.807, 2.05) is 0 Å². The summed E-state index contributed by atoms with van der Waals surface area (Å²) in [6, 6.07) is -1.02. The molecule has 5 N–H and O–H groups in total. The van der Waals surface area contributed by atoms with Crippen LogP contribution in [0.15, 0.2) is 28.0 Å². The van der Waals surface area contributed by atoms with Crippen LogP contribution in [-0.4, -0.2) is 113 Å². The molecule has 2 atom stereocenters. The number of nitrogens with zero attached hydrogens (tertiary/aromatic N) is 5. The molecule has 4 heterocycles. The zero-order valence-corrected chi connectivity index (χ0v) is 19.6. The summed E-state index contributed by atoms with van der Waals surface area (Å²) in [7, 11) is 0. The van der Waals surface area contributed by atoms with Gasteiger partial charge in [-0.25, -0.2) is 9.78 Å². The van der Waals surface area contributed by atoms with Gasteiger partial charge in [0.25, 0.3) is 11.8 Å². The standard InChI is InChI=1S/C18H18N8O7S2.Na.H/c1-7(27)32-3-8-5-34-16-12(15(29)26(16)13(8)17(30)31)22-14(28)11(10-6-35-18(19)21-10)24-33-4-9-2-20-25-23-9;;/h2,6,12,16H,3-5H2,1H3,(H2,19,21)(H,22,28)(H,30,31)(H,20,23,25);;/b24-11-;;/t12-,16-;;/m1../s1. The molecule has 0 aromatic carbocycles. The second-order valence-electron chi connectivity index (χ2n) is 7.15. The Labute approximate surface area is 233 Å². The van der Waals surface area contributed by atoms with Gasteiger partial charge in [-0.2, -0.15) is 0 Å². The van der Waals surface area contributed by atoms with Crippen molar-refractivity contribution in [2.45, 2.75) is 24.9 Å². The number of thioether (sulfide) groups is 1. The van der Waals surface area contributed by atoms with Gasteiger partial charge in [0, 0.05) is 29.8 Å². The van der Waals surface area contributed by atoms with Crippen molar-refractivity contribution >= 4 is 87.3 Å². The number of nitrogen functional groups attached to an aromatic ring is 1. The van der Waals surface area contributed by atoms with E-state index in [9.17, 15) is 24.3 Å². The van der Waals surface area contributed by atoms with Gasteiger partial charge < -0.3 is 25.7 Å². The van der Waals surface area contributed by atoms with Crippen molar-refractivity contribution in [3.63, 3.8) is 0 Å². The Balaban J connectivity index is 0.00000361. The number of nitrogens with one attached hydrogen (secondary N) is 2. The van der Waals surface area contributed by atoms with Gasteiger partial charge in [-0.15, -0.1) is 28.2 Å². The monoisotopic (exact) mass is 546 g/mol. The van der Waals surface area contributed by atoms with Gasteiger partial charge in [-0.05, 0) is 0 Å². The number of carbonyl (C=O) groups is 4. The first-order valence-corrected chi connectivity index (χ1v) is 11.8. The number of hydrogen-bond acceptors (Lipinski definition) is 13. The summed E-state index contributed by atoms with van der Waals surface area (Å²) in [5, 5.41) is 26.9. The molecule has 0 spiro atoms. The van der Waals surface area contributed by atoms with Crippen molar-refractivity contribution in [2.75, 3.05) is 18.1 Å². The van der Waals surface area contributed by atoms with Gasteiger partial charge in [0.1, 0.15) is 35.1 Å². The van der Waals surface area contributed by atoms with E-state index in [2.05, 4.69) is 30.9 Å². The number of anilines is 1. The molecule has 2 aromatic heterocycles. The SMILES string of the molecule is CC(=O)OCC1=C(C(=O)O)N2C(=O)[C@@H](NC(=O)/C(=N\OCc3c[nH]nn3)c3csc(N)n3)[C@H]2SC1.[NaH]. The van der Waals surface area contributed by atoms with Crippen LogP contribution >= 0.6 is 23.1 Å². The summed E-state index contributed by atoms with van der Waals surface area (Å²) < 4.78 is 4.91. The van der Waals surface area contributed by atoms with Crippen LogP contribution in [0, 0.1) is 0 Å². The zero-order chi connectivity index (χ0) is 25.1. The molecule has 0 radical (unpaired) electrons. The first-order chi connectivity index (χ1) is 16.8. The van der Waals surface area contributed by atoms with Crippen molar-refractivity contribution in [2.24, 2.45) is 5.16 Å². The Morgan fingerprint density at radius 2 is 2.17 bits per heavy atom. The summed E-state index contributed by atoms with van der Waals surface area (Å²) in [6.45, 7) is 0.867. The minimum absolute atomic E-state index is 0. The first kappa shape index (κ1) is 27.6. The number of nitrogens with two attached hydrogens (primary N) is 1. The number of carboxylic acid groups (broad SMARTS) is 1. The van der Waals surface area contributed by atoms with Crippen molar-refractivity contribution in [1.82, 2.24) is 30.6 Å². The van der Waals surface area contributed by atoms with Gasteiger partial charge >= 0.3 is 41.5 Å². The molecule has 2 aromatic rings. The quantitative estimate of drug-likeness (QED) is 0.0921. The summed E-state index contributed by atoms with van der Waals surface area (Å²) in [5.74, 6) is -3.11. The van der Waals surface area contributed by atoms with Crippen LogP contribution in [0.1, 0.15) is 18.3 Å². The number of H-pyrrole nitrogens is 1. The number of ether oxygens (including phenoxy) is 1. The molecule has 2 amide bonds. The molecule has 0 unspecified atom stereocenters. The third-order valence-electron chi connectivity index (χ3n) is 4.80. The normalized spacial score (nSPS) is 19.1. The molecule has 0 bridgehead atoms. The Morgan fingerprint density at radius 1 is 1.39 bits per heavy atom. The van der Waals surface area contributed by atoms with Gasteiger partial charge in [0.2, 0.25) is 0 Å². The zero-order valence-electron chi connectivity index (χ0n) is 18.0. The molecule has 186 valence electrons. The van der Waals surface area contributed by atoms with Gasteiger partial charge in [0.05, 0.1) is 0 Å². The predicted molar refractivity (Wildman–Crippen MR) is 128 cm³/mol. The van der Waals surface area contributed by atoms with Crippen LogP contribution in [0.5, 0.6) is 0 Å². The minimum atomic E-state index is -1.34. The molecule has 2 aliphatic heterocycles. The summed E-state index contributed by atoms with van der Waals surface area (Å²) in [6.07, 6.45) is 1.49. The van der Waals surface area contributed by atoms with Crippen molar-refractivity contribution in [1.29, 1.82) is 0 Å². The molecular formula is C18H19N8NaO7S2. The van der Waals surface area contributed by atoms with Crippen LogP contribution in [0.2, 0.25) is 0 Å². The van der Waals surface area contributed by atoms with Gasteiger partial charge in [0.15, 0.2) is 17.5 Å². The summed E-state index contributed by atoms with van der Waals surface area (Å²) >= 11 is 2.32. The molecule has 0 saturated carbocycles. The van der Waals surface area contributed by atoms with Crippen molar-refractivity contribution in [3.05, 3.63) is 34.2 Å². The third kappa shape index (κ3) is 5.86.